The minimum atomic E-state index is -0.100. The van der Waals surface area contributed by atoms with E-state index in [9.17, 15) is 4.79 Å². The predicted molar refractivity (Wildman–Crippen MR) is 80.3 cm³/mol. The van der Waals surface area contributed by atoms with Crippen LogP contribution in [-0.4, -0.2) is 16.2 Å². The number of nitrogens with one attached hydrogen (secondary N) is 1. The van der Waals surface area contributed by atoms with Gasteiger partial charge in [-0.15, -0.1) is 0 Å². The van der Waals surface area contributed by atoms with E-state index >= 15 is 0 Å². The maximum Gasteiger partial charge on any atom is 0.327 e. The third kappa shape index (κ3) is 1.56. The third-order valence-electron chi connectivity index (χ3n) is 3.67. The molecule has 0 aliphatic carbocycles. The Labute approximate surface area is 123 Å². The number of hydrogen-bond donors (Lipinski definition) is 1. The van der Waals surface area contributed by atoms with E-state index in [0.717, 1.165) is 26.8 Å². The van der Waals surface area contributed by atoms with Gasteiger partial charge in [0.05, 0.1) is 16.0 Å². The van der Waals surface area contributed by atoms with Crippen LogP contribution < -0.4 is 10.4 Å². The van der Waals surface area contributed by atoms with Crippen LogP contribution in [0, 0.1) is 0 Å². The molecule has 2 heterocycles. The SMILES string of the molecule is O=c1[nH]c2ccc(Br)c3c2n1C(c1ccccc1)CO3. The zero-order chi connectivity index (χ0) is 13.7. The average Bonchev–Trinajstić information content (AvgIpc) is 2.82. The van der Waals surface area contributed by atoms with Gasteiger partial charge in [0.15, 0.2) is 5.75 Å². The molecule has 4 rings (SSSR count). The molecule has 5 heteroatoms. The van der Waals surface area contributed by atoms with E-state index in [-0.39, 0.29) is 11.7 Å². The lowest BCUT2D eigenvalue weighted by atomic mass is 10.1. The summed E-state index contributed by atoms with van der Waals surface area (Å²) in [6, 6.07) is 13.6. The number of ether oxygens (including phenoxy) is 1. The predicted octanol–water partition coefficient (Wildman–Crippen LogP) is 3.07. The van der Waals surface area contributed by atoms with Crippen molar-refractivity contribution in [3.63, 3.8) is 0 Å². The molecule has 0 saturated carbocycles. The molecule has 100 valence electrons. The smallest absolute Gasteiger partial charge is 0.327 e. The van der Waals surface area contributed by atoms with Gasteiger partial charge in [0.2, 0.25) is 0 Å². The van der Waals surface area contributed by atoms with Crippen LogP contribution in [0.4, 0.5) is 0 Å². The van der Waals surface area contributed by atoms with Crippen LogP contribution >= 0.6 is 15.9 Å². The number of hydrogen-bond acceptors (Lipinski definition) is 2. The van der Waals surface area contributed by atoms with Gasteiger partial charge in [-0.05, 0) is 33.6 Å². The number of aromatic amines is 1. The molecular weight excluding hydrogens is 320 g/mol. The molecule has 0 amide bonds. The molecule has 0 saturated heterocycles. The topological polar surface area (TPSA) is 47.0 Å². The lowest BCUT2D eigenvalue weighted by Gasteiger charge is -2.26. The second-order valence-electron chi connectivity index (χ2n) is 4.81. The van der Waals surface area contributed by atoms with Crippen molar-refractivity contribution >= 4 is 27.0 Å². The third-order valence-corrected chi connectivity index (χ3v) is 4.29. The summed E-state index contributed by atoms with van der Waals surface area (Å²) in [5.41, 5.74) is 2.59. The van der Waals surface area contributed by atoms with Crippen LogP contribution in [0.2, 0.25) is 0 Å². The largest absolute Gasteiger partial charge is 0.488 e. The van der Waals surface area contributed by atoms with Crippen molar-refractivity contribution in [1.82, 2.24) is 9.55 Å². The van der Waals surface area contributed by atoms with Crippen LogP contribution in [-0.2, 0) is 0 Å². The van der Waals surface area contributed by atoms with E-state index in [2.05, 4.69) is 20.9 Å². The number of imidazole rings is 1. The van der Waals surface area contributed by atoms with E-state index in [4.69, 9.17) is 4.74 Å². The Morgan fingerprint density at radius 2 is 2.00 bits per heavy atom. The Bertz CT molecular complexity index is 851. The summed E-state index contributed by atoms with van der Waals surface area (Å²) < 4.78 is 8.53. The fourth-order valence-corrected chi connectivity index (χ4v) is 3.19. The minimum Gasteiger partial charge on any atom is -0.488 e. The number of aromatic nitrogens is 2. The highest BCUT2D eigenvalue weighted by Crippen LogP contribution is 2.38. The fraction of sp³-hybridized carbons (Fsp3) is 0.133. The Balaban J connectivity index is 2.04. The van der Waals surface area contributed by atoms with Gasteiger partial charge in [-0.2, -0.15) is 0 Å². The molecule has 0 bridgehead atoms. The average molecular weight is 331 g/mol. The summed E-state index contributed by atoms with van der Waals surface area (Å²) in [5.74, 6) is 0.730. The highest BCUT2D eigenvalue weighted by molar-refractivity contribution is 9.10. The number of benzene rings is 2. The lowest BCUT2D eigenvalue weighted by Crippen LogP contribution is -2.30. The number of H-pyrrole nitrogens is 1. The fourth-order valence-electron chi connectivity index (χ4n) is 2.76. The van der Waals surface area contributed by atoms with E-state index in [0.29, 0.717) is 6.61 Å². The van der Waals surface area contributed by atoms with Crippen LogP contribution in [0.3, 0.4) is 0 Å². The first-order valence-corrected chi connectivity index (χ1v) is 7.15. The number of halogens is 1. The first kappa shape index (κ1) is 11.8. The van der Waals surface area contributed by atoms with Crippen LogP contribution in [0.5, 0.6) is 5.75 Å². The quantitative estimate of drug-likeness (QED) is 0.745. The Morgan fingerprint density at radius 1 is 1.20 bits per heavy atom. The Morgan fingerprint density at radius 3 is 2.80 bits per heavy atom. The molecule has 3 aromatic rings. The highest BCUT2D eigenvalue weighted by atomic mass is 79.9. The molecule has 2 aromatic carbocycles. The van der Waals surface area contributed by atoms with Gasteiger partial charge < -0.3 is 9.72 Å². The van der Waals surface area contributed by atoms with Crippen molar-refractivity contribution in [3.8, 4) is 5.75 Å². The standard InChI is InChI=1S/C15H11BrN2O2/c16-10-6-7-11-13-14(10)20-8-12(18(13)15(19)17-11)9-4-2-1-3-5-9/h1-7,12H,8H2,(H,17,19). The zero-order valence-corrected chi connectivity index (χ0v) is 12.1. The van der Waals surface area contributed by atoms with Gasteiger partial charge in [0.25, 0.3) is 0 Å². The summed E-state index contributed by atoms with van der Waals surface area (Å²) in [4.78, 5) is 15.2. The molecule has 20 heavy (non-hydrogen) atoms. The zero-order valence-electron chi connectivity index (χ0n) is 10.5. The molecule has 1 aliphatic rings. The van der Waals surface area contributed by atoms with Gasteiger partial charge >= 0.3 is 5.69 Å². The minimum absolute atomic E-state index is 0.0979. The van der Waals surface area contributed by atoms with E-state index in [1.807, 2.05) is 42.5 Å². The van der Waals surface area contributed by atoms with Crippen molar-refractivity contribution in [2.75, 3.05) is 6.61 Å². The van der Waals surface area contributed by atoms with Crippen molar-refractivity contribution < 1.29 is 4.74 Å². The monoisotopic (exact) mass is 330 g/mol. The molecule has 1 unspecified atom stereocenters. The van der Waals surface area contributed by atoms with Crippen molar-refractivity contribution in [3.05, 3.63) is 63.0 Å². The summed E-state index contributed by atoms with van der Waals surface area (Å²) in [7, 11) is 0. The van der Waals surface area contributed by atoms with E-state index in [1.165, 1.54) is 0 Å². The van der Waals surface area contributed by atoms with Gasteiger partial charge in [-0.1, -0.05) is 30.3 Å². The molecule has 1 atom stereocenters. The molecule has 4 nitrogen and oxygen atoms in total. The van der Waals surface area contributed by atoms with Gasteiger partial charge in [-0.25, -0.2) is 4.79 Å². The molecule has 1 aliphatic heterocycles. The van der Waals surface area contributed by atoms with Crippen molar-refractivity contribution in [2.24, 2.45) is 0 Å². The summed E-state index contributed by atoms with van der Waals surface area (Å²) in [5, 5.41) is 0. The molecule has 1 aromatic heterocycles. The first-order valence-electron chi connectivity index (χ1n) is 6.36. The molecular formula is C15H11BrN2O2. The summed E-state index contributed by atoms with van der Waals surface area (Å²) >= 11 is 3.48. The van der Waals surface area contributed by atoms with Crippen LogP contribution in [0.15, 0.2) is 51.7 Å². The van der Waals surface area contributed by atoms with E-state index < -0.39 is 0 Å². The maximum atomic E-state index is 12.3. The van der Waals surface area contributed by atoms with Gasteiger partial charge in [0.1, 0.15) is 12.1 Å². The number of rotatable bonds is 1. The highest BCUT2D eigenvalue weighted by Gasteiger charge is 2.27. The van der Waals surface area contributed by atoms with Crippen molar-refractivity contribution in [1.29, 1.82) is 0 Å². The Kier molecular flexibility index (Phi) is 2.50. The molecule has 0 radical (unpaired) electrons. The molecule has 0 fully saturated rings. The van der Waals surface area contributed by atoms with Gasteiger partial charge in [0, 0.05) is 0 Å². The van der Waals surface area contributed by atoms with E-state index in [1.54, 1.807) is 4.57 Å². The lowest BCUT2D eigenvalue weighted by molar-refractivity contribution is 0.255. The van der Waals surface area contributed by atoms with Crippen LogP contribution in [0.25, 0.3) is 11.0 Å². The van der Waals surface area contributed by atoms with Crippen molar-refractivity contribution in [2.45, 2.75) is 6.04 Å². The summed E-state index contributed by atoms with van der Waals surface area (Å²) in [6.45, 7) is 0.451. The Hall–Kier alpha value is -2.01. The van der Waals surface area contributed by atoms with Gasteiger partial charge in [-0.3, -0.25) is 4.57 Å². The van der Waals surface area contributed by atoms with Crippen LogP contribution in [0.1, 0.15) is 11.6 Å². The molecule has 1 N–H and O–H groups in total. The normalized spacial score (nSPS) is 17.1. The number of nitrogens with zero attached hydrogens (tertiary/aromatic N) is 1. The summed E-state index contributed by atoms with van der Waals surface area (Å²) in [6.07, 6.45) is 0. The maximum absolute atomic E-state index is 12.3. The molecule has 0 spiro atoms. The second kappa shape index (κ2) is 4.24. The second-order valence-corrected chi connectivity index (χ2v) is 5.66. The first-order chi connectivity index (χ1) is 9.75.